The number of hydrogen-bond acceptors (Lipinski definition) is 2. The van der Waals surface area contributed by atoms with Gasteiger partial charge in [-0.2, -0.15) is 0 Å². The van der Waals surface area contributed by atoms with Crippen molar-refractivity contribution < 1.29 is 9.59 Å². The molecule has 1 fully saturated rings. The van der Waals surface area contributed by atoms with Crippen LogP contribution in [0, 0.1) is 5.92 Å². The van der Waals surface area contributed by atoms with Gasteiger partial charge < -0.3 is 5.32 Å². The van der Waals surface area contributed by atoms with Crippen molar-refractivity contribution in [1.29, 1.82) is 0 Å². The van der Waals surface area contributed by atoms with Crippen molar-refractivity contribution in [2.24, 2.45) is 5.92 Å². The highest BCUT2D eigenvalue weighted by atomic mass is 16.2. The van der Waals surface area contributed by atoms with Gasteiger partial charge in [0.25, 0.3) is 0 Å². The molecule has 0 aromatic heterocycles. The van der Waals surface area contributed by atoms with Gasteiger partial charge in [0.1, 0.15) is 0 Å². The maximum absolute atomic E-state index is 11.0. The first-order valence-corrected chi connectivity index (χ1v) is 3.67. The van der Waals surface area contributed by atoms with E-state index in [2.05, 4.69) is 11.9 Å². The number of allylic oxidation sites excluding steroid dienone is 1. The van der Waals surface area contributed by atoms with E-state index in [1.54, 1.807) is 0 Å². The highest BCUT2D eigenvalue weighted by molar-refractivity contribution is 5.94. The second kappa shape index (κ2) is 3.32. The Bertz CT molecular complexity index is 198. The molecular weight excluding hydrogens is 142 g/mol. The molecule has 11 heavy (non-hydrogen) atoms. The second-order valence-electron chi connectivity index (χ2n) is 2.65. The highest BCUT2D eigenvalue weighted by Crippen LogP contribution is 2.13. The summed E-state index contributed by atoms with van der Waals surface area (Å²) in [5.74, 6) is -0.169. The molecule has 0 radical (unpaired) electrons. The molecule has 0 aromatic rings. The Balaban J connectivity index is 2.52. The molecule has 0 aliphatic carbocycles. The number of nitrogens with one attached hydrogen (secondary N) is 1. The summed E-state index contributed by atoms with van der Waals surface area (Å²) in [7, 11) is 0. The third-order valence-corrected chi connectivity index (χ3v) is 1.85. The summed E-state index contributed by atoms with van der Waals surface area (Å²) >= 11 is 0. The van der Waals surface area contributed by atoms with E-state index in [-0.39, 0.29) is 17.6 Å². The summed E-state index contributed by atoms with van der Waals surface area (Å²) in [6, 6.07) is 0. The monoisotopic (exact) mass is 153 g/mol. The molecule has 0 saturated carbocycles. The number of hydrogen-bond donors (Lipinski definition) is 1. The van der Waals surface area contributed by atoms with E-state index < -0.39 is 0 Å². The first-order chi connectivity index (χ1) is 5.24. The zero-order chi connectivity index (χ0) is 8.27. The fourth-order valence-electron chi connectivity index (χ4n) is 1.19. The van der Waals surface area contributed by atoms with Gasteiger partial charge in [-0.3, -0.25) is 9.59 Å². The zero-order valence-corrected chi connectivity index (χ0v) is 6.30. The van der Waals surface area contributed by atoms with Gasteiger partial charge in [0.05, 0.1) is 0 Å². The number of piperidine rings is 1. The van der Waals surface area contributed by atoms with Gasteiger partial charge in [-0.1, -0.05) is 6.58 Å². The lowest BCUT2D eigenvalue weighted by Gasteiger charge is -2.19. The molecule has 3 heteroatoms. The van der Waals surface area contributed by atoms with E-state index in [9.17, 15) is 9.59 Å². The zero-order valence-electron chi connectivity index (χ0n) is 6.30. The Hall–Kier alpha value is -1.12. The van der Waals surface area contributed by atoms with Crippen LogP contribution in [0.1, 0.15) is 12.8 Å². The van der Waals surface area contributed by atoms with Crippen molar-refractivity contribution in [3.63, 3.8) is 0 Å². The number of carbonyl (C=O) groups excluding carboxylic acids is 2. The van der Waals surface area contributed by atoms with Crippen molar-refractivity contribution in [2.45, 2.75) is 12.8 Å². The smallest absolute Gasteiger partial charge is 0.220 e. The van der Waals surface area contributed by atoms with E-state index in [4.69, 9.17) is 0 Å². The van der Waals surface area contributed by atoms with E-state index in [1.807, 2.05) is 0 Å². The lowest BCUT2D eigenvalue weighted by molar-refractivity contribution is -0.128. The average molecular weight is 153 g/mol. The van der Waals surface area contributed by atoms with Crippen LogP contribution < -0.4 is 5.32 Å². The summed E-state index contributed by atoms with van der Waals surface area (Å²) in [6.07, 6.45) is 2.37. The van der Waals surface area contributed by atoms with Crippen LogP contribution in [0.3, 0.4) is 0 Å². The maximum Gasteiger partial charge on any atom is 0.220 e. The molecule has 0 spiro atoms. The molecule has 60 valence electrons. The molecule has 1 saturated heterocycles. The summed E-state index contributed by atoms with van der Waals surface area (Å²) < 4.78 is 0. The summed E-state index contributed by atoms with van der Waals surface area (Å²) in [6.45, 7) is 3.99. The molecule has 1 aliphatic heterocycles. The predicted molar refractivity (Wildman–Crippen MR) is 40.9 cm³/mol. The van der Waals surface area contributed by atoms with E-state index in [0.29, 0.717) is 13.0 Å². The van der Waals surface area contributed by atoms with Gasteiger partial charge in [-0.25, -0.2) is 0 Å². The van der Waals surface area contributed by atoms with Crippen LogP contribution in [0.15, 0.2) is 12.7 Å². The van der Waals surface area contributed by atoms with Crippen LogP contribution in [0.4, 0.5) is 0 Å². The SMILES string of the molecule is C=CC(=O)C1CCNC(=O)C1. The average Bonchev–Trinajstić information content (AvgIpc) is 2.03. The minimum atomic E-state index is -0.124. The Kier molecular flexibility index (Phi) is 2.41. The van der Waals surface area contributed by atoms with E-state index in [1.165, 1.54) is 6.08 Å². The fourth-order valence-corrected chi connectivity index (χ4v) is 1.19. The summed E-state index contributed by atoms with van der Waals surface area (Å²) in [5, 5.41) is 2.67. The van der Waals surface area contributed by atoms with Gasteiger partial charge in [0, 0.05) is 18.9 Å². The lowest BCUT2D eigenvalue weighted by atomic mass is 9.93. The van der Waals surface area contributed by atoms with Crippen molar-refractivity contribution in [3.8, 4) is 0 Å². The predicted octanol–water partition coefficient (Wildman–Crippen LogP) is 0.268. The number of ketones is 1. The maximum atomic E-state index is 11.0. The van der Waals surface area contributed by atoms with Gasteiger partial charge in [-0.05, 0) is 12.5 Å². The second-order valence-corrected chi connectivity index (χ2v) is 2.65. The van der Waals surface area contributed by atoms with Crippen LogP contribution in [0.2, 0.25) is 0 Å². The minimum absolute atomic E-state index is 0.0140. The largest absolute Gasteiger partial charge is 0.356 e. The Morgan fingerprint density at radius 2 is 2.45 bits per heavy atom. The van der Waals surface area contributed by atoms with Crippen LogP contribution in [-0.2, 0) is 9.59 Å². The van der Waals surface area contributed by atoms with Crippen LogP contribution in [0.5, 0.6) is 0 Å². The number of rotatable bonds is 2. The molecule has 1 N–H and O–H groups in total. The quantitative estimate of drug-likeness (QED) is 0.579. The summed E-state index contributed by atoms with van der Waals surface area (Å²) in [5.41, 5.74) is 0. The Morgan fingerprint density at radius 3 is 3.00 bits per heavy atom. The van der Waals surface area contributed by atoms with Gasteiger partial charge in [-0.15, -0.1) is 0 Å². The number of amides is 1. The van der Waals surface area contributed by atoms with Gasteiger partial charge >= 0.3 is 0 Å². The van der Waals surface area contributed by atoms with Crippen molar-refractivity contribution >= 4 is 11.7 Å². The Morgan fingerprint density at radius 1 is 1.73 bits per heavy atom. The molecular formula is C8H11NO2. The molecule has 1 aliphatic rings. The van der Waals surface area contributed by atoms with Crippen molar-refractivity contribution in [2.75, 3.05) is 6.54 Å². The molecule has 1 amide bonds. The normalized spacial score (nSPS) is 24.0. The minimum Gasteiger partial charge on any atom is -0.356 e. The third-order valence-electron chi connectivity index (χ3n) is 1.85. The number of carbonyl (C=O) groups is 2. The fraction of sp³-hybridized carbons (Fsp3) is 0.500. The molecule has 0 bridgehead atoms. The molecule has 3 nitrogen and oxygen atoms in total. The highest BCUT2D eigenvalue weighted by Gasteiger charge is 2.22. The van der Waals surface area contributed by atoms with E-state index in [0.717, 1.165) is 6.42 Å². The third kappa shape index (κ3) is 1.90. The molecule has 0 aromatic carbocycles. The first kappa shape index (κ1) is 7.98. The standard InChI is InChI=1S/C8H11NO2/c1-2-7(10)6-3-4-9-8(11)5-6/h2,6H,1,3-5H2,(H,9,11). The van der Waals surface area contributed by atoms with Gasteiger partial charge in [0.15, 0.2) is 5.78 Å². The van der Waals surface area contributed by atoms with E-state index >= 15 is 0 Å². The van der Waals surface area contributed by atoms with Crippen molar-refractivity contribution in [1.82, 2.24) is 5.32 Å². The molecule has 1 rings (SSSR count). The lowest BCUT2D eigenvalue weighted by Crippen LogP contribution is -2.36. The van der Waals surface area contributed by atoms with Crippen molar-refractivity contribution in [3.05, 3.63) is 12.7 Å². The van der Waals surface area contributed by atoms with Crippen LogP contribution >= 0.6 is 0 Å². The summed E-state index contributed by atoms with van der Waals surface area (Å²) in [4.78, 5) is 21.8. The molecule has 1 atom stereocenters. The van der Waals surface area contributed by atoms with Gasteiger partial charge in [0.2, 0.25) is 5.91 Å². The molecule has 1 unspecified atom stereocenters. The molecule has 1 heterocycles. The first-order valence-electron chi connectivity index (χ1n) is 3.67. The van der Waals surface area contributed by atoms with Crippen LogP contribution in [-0.4, -0.2) is 18.2 Å². The van der Waals surface area contributed by atoms with Crippen LogP contribution in [0.25, 0.3) is 0 Å². The topological polar surface area (TPSA) is 46.2 Å². The Labute approximate surface area is 65.5 Å².